The lowest BCUT2D eigenvalue weighted by Gasteiger charge is -2.06. The summed E-state index contributed by atoms with van der Waals surface area (Å²) in [5.41, 5.74) is -0.00932. The van der Waals surface area contributed by atoms with Crippen LogP contribution < -0.4 is 0 Å². The van der Waals surface area contributed by atoms with Crippen LogP contribution in [0.1, 0.15) is 11.3 Å². The Morgan fingerprint density at radius 3 is 2.21 bits per heavy atom. The topological polar surface area (TPSA) is 12.9 Å². The zero-order valence-electron chi connectivity index (χ0n) is 9.62. The summed E-state index contributed by atoms with van der Waals surface area (Å²) in [4.78, 5) is 4.01. The van der Waals surface area contributed by atoms with Crippen molar-refractivity contribution in [1.29, 1.82) is 0 Å². The molecule has 0 aliphatic carbocycles. The molecule has 0 amide bonds. The van der Waals surface area contributed by atoms with Gasteiger partial charge in [0, 0.05) is 16.8 Å². The first-order chi connectivity index (χ1) is 8.95. The fourth-order valence-electron chi connectivity index (χ4n) is 1.38. The van der Waals surface area contributed by atoms with Gasteiger partial charge in [-0.3, -0.25) is 4.98 Å². The summed E-state index contributed by atoms with van der Waals surface area (Å²) < 4.78 is 49.6. The van der Waals surface area contributed by atoms with E-state index in [1.807, 2.05) is 0 Å². The molecular formula is C13H9F4NS. The zero-order chi connectivity index (χ0) is 13.9. The van der Waals surface area contributed by atoms with Crippen molar-refractivity contribution in [2.24, 2.45) is 0 Å². The average molecular weight is 287 g/mol. The number of aromatic nitrogens is 1. The standard InChI is InChI=1S/C13H9F4NS/c14-10-3-1-9(2-4-10)8-19-11-5-6-12(18-7-11)13(15,16)17/h1-7H,8H2. The molecule has 0 spiro atoms. The van der Waals surface area contributed by atoms with Crippen LogP contribution in [0.25, 0.3) is 0 Å². The highest BCUT2D eigenvalue weighted by atomic mass is 32.2. The molecule has 0 N–H and O–H groups in total. The Balaban J connectivity index is 1.98. The number of thioether (sulfide) groups is 1. The number of benzene rings is 1. The van der Waals surface area contributed by atoms with Crippen LogP contribution in [-0.2, 0) is 11.9 Å². The Hall–Kier alpha value is -1.56. The van der Waals surface area contributed by atoms with Crippen molar-refractivity contribution in [2.75, 3.05) is 0 Å². The molecule has 0 saturated heterocycles. The molecule has 0 bridgehead atoms. The van der Waals surface area contributed by atoms with E-state index < -0.39 is 11.9 Å². The lowest BCUT2D eigenvalue weighted by Crippen LogP contribution is -2.07. The number of hydrogen-bond donors (Lipinski definition) is 0. The zero-order valence-corrected chi connectivity index (χ0v) is 10.4. The van der Waals surface area contributed by atoms with Crippen molar-refractivity contribution in [2.45, 2.75) is 16.8 Å². The van der Waals surface area contributed by atoms with Crippen molar-refractivity contribution in [3.63, 3.8) is 0 Å². The Morgan fingerprint density at radius 2 is 1.68 bits per heavy atom. The van der Waals surface area contributed by atoms with E-state index in [-0.39, 0.29) is 5.82 Å². The maximum atomic E-state index is 12.7. The summed E-state index contributed by atoms with van der Waals surface area (Å²) >= 11 is 1.35. The van der Waals surface area contributed by atoms with Gasteiger partial charge in [-0.2, -0.15) is 13.2 Å². The summed E-state index contributed by atoms with van der Waals surface area (Å²) in [6.45, 7) is 0. The summed E-state index contributed by atoms with van der Waals surface area (Å²) in [6.07, 6.45) is -3.23. The van der Waals surface area contributed by atoms with Crippen molar-refractivity contribution in [1.82, 2.24) is 4.98 Å². The Bertz CT molecular complexity index is 534. The summed E-state index contributed by atoms with van der Waals surface area (Å²) in [5.74, 6) is 0.234. The summed E-state index contributed by atoms with van der Waals surface area (Å²) in [5, 5.41) is 0. The maximum Gasteiger partial charge on any atom is 0.433 e. The number of rotatable bonds is 3. The molecule has 6 heteroatoms. The van der Waals surface area contributed by atoms with Gasteiger partial charge in [0.05, 0.1) is 0 Å². The molecular weight excluding hydrogens is 278 g/mol. The number of nitrogens with zero attached hydrogens (tertiary/aromatic N) is 1. The Labute approximate surface area is 111 Å². The third kappa shape index (κ3) is 3.96. The molecule has 19 heavy (non-hydrogen) atoms. The highest BCUT2D eigenvalue weighted by Crippen LogP contribution is 2.29. The van der Waals surface area contributed by atoms with Crippen LogP contribution >= 0.6 is 11.8 Å². The second-order valence-corrected chi connectivity index (χ2v) is 4.84. The summed E-state index contributed by atoms with van der Waals surface area (Å²) in [6, 6.07) is 8.30. The van der Waals surface area contributed by atoms with Crippen LogP contribution in [-0.4, -0.2) is 4.98 Å². The quantitative estimate of drug-likeness (QED) is 0.607. The van der Waals surface area contributed by atoms with Crippen molar-refractivity contribution < 1.29 is 17.6 Å². The van der Waals surface area contributed by atoms with E-state index in [0.29, 0.717) is 10.6 Å². The van der Waals surface area contributed by atoms with Gasteiger partial charge >= 0.3 is 6.18 Å². The van der Waals surface area contributed by atoms with Crippen LogP contribution in [0, 0.1) is 5.82 Å². The predicted molar refractivity (Wildman–Crippen MR) is 65.2 cm³/mol. The fraction of sp³-hybridized carbons (Fsp3) is 0.154. The van der Waals surface area contributed by atoms with Gasteiger partial charge in [-0.15, -0.1) is 11.8 Å². The van der Waals surface area contributed by atoms with Crippen molar-refractivity contribution in [3.8, 4) is 0 Å². The van der Waals surface area contributed by atoms with E-state index in [2.05, 4.69) is 4.98 Å². The normalized spacial score (nSPS) is 11.6. The van der Waals surface area contributed by atoms with Gasteiger partial charge in [-0.1, -0.05) is 12.1 Å². The number of hydrogen-bond acceptors (Lipinski definition) is 2. The van der Waals surface area contributed by atoms with Crippen LogP contribution in [0.15, 0.2) is 47.5 Å². The molecule has 1 aromatic carbocycles. The molecule has 0 aliphatic heterocycles. The average Bonchev–Trinajstić information content (AvgIpc) is 2.37. The molecule has 0 saturated carbocycles. The highest BCUT2D eigenvalue weighted by molar-refractivity contribution is 7.98. The molecule has 0 fully saturated rings. The van der Waals surface area contributed by atoms with Gasteiger partial charge < -0.3 is 0 Å². The minimum Gasteiger partial charge on any atom is -0.251 e. The van der Waals surface area contributed by atoms with Gasteiger partial charge in [0.15, 0.2) is 0 Å². The second-order valence-electron chi connectivity index (χ2n) is 3.79. The lowest BCUT2D eigenvalue weighted by atomic mass is 10.2. The number of pyridine rings is 1. The molecule has 1 heterocycles. The van der Waals surface area contributed by atoms with Crippen LogP contribution in [0.4, 0.5) is 17.6 Å². The maximum absolute atomic E-state index is 12.7. The van der Waals surface area contributed by atoms with Crippen LogP contribution in [0.3, 0.4) is 0 Å². The molecule has 2 rings (SSSR count). The molecule has 100 valence electrons. The second kappa shape index (κ2) is 5.61. The minimum atomic E-state index is -4.42. The monoisotopic (exact) mass is 287 g/mol. The van der Waals surface area contributed by atoms with Gasteiger partial charge in [0.1, 0.15) is 11.5 Å². The van der Waals surface area contributed by atoms with E-state index in [4.69, 9.17) is 0 Å². The largest absolute Gasteiger partial charge is 0.433 e. The smallest absolute Gasteiger partial charge is 0.251 e. The van der Waals surface area contributed by atoms with E-state index in [0.717, 1.165) is 11.6 Å². The van der Waals surface area contributed by atoms with Gasteiger partial charge in [-0.05, 0) is 29.8 Å². The van der Waals surface area contributed by atoms with E-state index in [1.165, 1.54) is 36.2 Å². The van der Waals surface area contributed by atoms with E-state index in [9.17, 15) is 17.6 Å². The Morgan fingerprint density at radius 1 is 1.00 bits per heavy atom. The van der Waals surface area contributed by atoms with Crippen molar-refractivity contribution in [3.05, 3.63) is 59.7 Å². The Kier molecular flexibility index (Phi) is 4.09. The van der Waals surface area contributed by atoms with E-state index in [1.54, 1.807) is 12.1 Å². The third-order valence-corrected chi connectivity index (χ3v) is 3.40. The molecule has 1 aromatic heterocycles. The third-order valence-electron chi connectivity index (χ3n) is 2.35. The number of halogens is 4. The van der Waals surface area contributed by atoms with E-state index >= 15 is 0 Å². The van der Waals surface area contributed by atoms with Gasteiger partial charge in [0.25, 0.3) is 0 Å². The molecule has 0 unspecified atom stereocenters. The van der Waals surface area contributed by atoms with Crippen LogP contribution in [0.2, 0.25) is 0 Å². The molecule has 2 aromatic rings. The first kappa shape index (κ1) is 13.9. The molecule has 0 atom stereocenters. The molecule has 0 aliphatic rings. The number of alkyl halides is 3. The van der Waals surface area contributed by atoms with Gasteiger partial charge in [0.2, 0.25) is 0 Å². The minimum absolute atomic E-state index is 0.315. The summed E-state index contributed by atoms with van der Waals surface area (Å²) in [7, 11) is 0. The lowest BCUT2D eigenvalue weighted by molar-refractivity contribution is -0.141. The highest BCUT2D eigenvalue weighted by Gasteiger charge is 2.31. The van der Waals surface area contributed by atoms with Crippen molar-refractivity contribution >= 4 is 11.8 Å². The van der Waals surface area contributed by atoms with Crippen LogP contribution in [0.5, 0.6) is 0 Å². The first-order valence-corrected chi connectivity index (χ1v) is 6.34. The first-order valence-electron chi connectivity index (χ1n) is 5.35. The fourth-order valence-corrected chi connectivity index (χ4v) is 2.20. The van der Waals surface area contributed by atoms with Gasteiger partial charge in [-0.25, -0.2) is 4.39 Å². The molecule has 1 nitrogen and oxygen atoms in total. The molecule has 0 radical (unpaired) electrons. The SMILES string of the molecule is Fc1ccc(CSc2ccc(C(F)(F)F)nc2)cc1. The predicted octanol–water partition coefficient (Wildman–Crippen LogP) is 4.53.